The van der Waals surface area contributed by atoms with Crippen molar-refractivity contribution in [1.82, 2.24) is 0 Å². The van der Waals surface area contributed by atoms with Gasteiger partial charge in [-0.1, -0.05) is 6.07 Å². The van der Waals surface area contributed by atoms with Crippen LogP contribution in [-0.2, 0) is 4.74 Å². The van der Waals surface area contributed by atoms with Gasteiger partial charge in [0.25, 0.3) is 0 Å². The number of methoxy groups -OCH3 is 1. The van der Waals surface area contributed by atoms with Crippen molar-refractivity contribution < 1.29 is 19.3 Å². The van der Waals surface area contributed by atoms with Crippen LogP contribution in [0.1, 0.15) is 18.1 Å². The molecule has 1 aliphatic heterocycles. The SMILES string of the molecule is COc1cc(C(O)CN)ccc1OC1CCOC1. The van der Waals surface area contributed by atoms with Gasteiger partial charge in [0.05, 0.1) is 26.4 Å². The summed E-state index contributed by atoms with van der Waals surface area (Å²) in [6.45, 7) is 1.52. The van der Waals surface area contributed by atoms with Gasteiger partial charge in [-0.25, -0.2) is 0 Å². The first kappa shape index (κ1) is 13.1. The molecule has 100 valence electrons. The third kappa shape index (κ3) is 2.93. The second kappa shape index (κ2) is 6.04. The molecule has 0 saturated carbocycles. The van der Waals surface area contributed by atoms with Crippen molar-refractivity contribution in [3.05, 3.63) is 23.8 Å². The molecule has 5 heteroatoms. The topological polar surface area (TPSA) is 73.9 Å². The maximum atomic E-state index is 9.68. The average molecular weight is 253 g/mol. The van der Waals surface area contributed by atoms with E-state index in [9.17, 15) is 5.11 Å². The van der Waals surface area contributed by atoms with E-state index < -0.39 is 6.10 Å². The van der Waals surface area contributed by atoms with Crippen molar-refractivity contribution >= 4 is 0 Å². The smallest absolute Gasteiger partial charge is 0.161 e. The highest BCUT2D eigenvalue weighted by Crippen LogP contribution is 2.31. The van der Waals surface area contributed by atoms with Crippen molar-refractivity contribution in [3.63, 3.8) is 0 Å². The molecule has 2 rings (SSSR count). The number of ether oxygens (including phenoxy) is 3. The third-order valence-electron chi connectivity index (χ3n) is 2.98. The van der Waals surface area contributed by atoms with Gasteiger partial charge < -0.3 is 25.1 Å². The normalized spacial score (nSPS) is 20.7. The second-order valence-electron chi connectivity index (χ2n) is 4.27. The lowest BCUT2D eigenvalue weighted by molar-refractivity contribution is 0.138. The molecule has 1 saturated heterocycles. The van der Waals surface area contributed by atoms with Crippen LogP contribution < -0.4 is 15.2 Å². The van der Waals surface area contributed by atoms with E-state index in [1.807, 2.05) is 0 Å². The molecule has 5 nitrogen and oxygen atoms in total. The lowest BCUT2D eigenvalue weighted by atomic mass is 10.1. The highest BCUT2D eigenvalue weighted by Gasteiger charge is 2.19. The van der Waals surface area contributed by atoms with Crippen LogP contribution in [0.2, 0.25) is 0 Å². The molecule has 1 fully saturated rings. The van der Waals surface area contributed by atoms with E-state index in [1.54, 1.807) is 25.3 Å². The minimum atomic E-state index is -0.678. The van der Waals surface area contributed by atoms with E-state index in [2.05, 4.69) is 0 Å². The fourth-order valence-electron chi connectivity index (χ4n) is 1.91. The highest BCUT2D eigenvalue weighted by atomic mass is 16.6. The molecule has 0 aromatic heterocycles. The zero-order chi connectivity index (χ0) is 13.0. The van der Waals surface area contributed by atoms with Crippen molar-refractivity contribution in [2.24, 2.45) is 5.73 Å². The minimum absolute atomic E-state index is 0.0733. The molecule has 1 aromatic rings. The number of aliphatic hydroxyl groups excluding tert-OH is 1. The van der Waals surface area contributed by atoms with Gasteiger partial charge in [-0.3, -0.25) is 0 Å². The highest BCUT2D eigenvalue weighted by molar-refractivity contribution is 5.43. The third-order valence-corrected chi connectivity index (χ3v) is 2.98. The van der Waals surface area contributed by atoms with Gasteiger partial charge in [0, 0.05) is 13.0 Å². The molecule has 0 aliphatic carbocycles. The maximum Gasteiger partial charge on any atom is 0.161 e. The summed E-state index contributed by atoms with van der Waals surface area (Å²) in [5, 5.41) is 9.68. The van der Waals surface area contributed by atoms with E-state index >= 15 is 0 Å². The molecular weight excluding hydrogens is 234 g/mol. The Morgan fingerprint density at radius 3 is 2.94 bits per heavy atom. The van der Waals surface area contributed by atoms with Crippen LogP contribution >= 0.6 is 0 Å². The van der Waals surface area contributed by atoms with Crippen LogP contribution in [0.5, 0.6) is 11.5 Å². The Balaban J connectivity index is 2.14. The van der Waals surface area contributed by atoms with Crippen molar-refractivity contribution in [2.45, 2.75) is 18.6 Å². The summed E-state index contributed by atoms with van der Waals surface area (Å²) in [5.74, 6) is 1.27. The summed E-state index contributed by atoms with van der Waals surface area (Å²) in [6, 6.07) is 5.35. The second-order valence-corrected chi connectivity index (χ2v) is 4.27. The Bertz CT molecular complexity index is 391. The number of aliphatic hydroxyl groups is 1. The molecule has 2 atom stereocenters. The van der Waals surface area contributed by atoms with E-state index in [4.69, 9.17) is 19.9 Å². The van der Waals surface area contributed by atoms with Gasteiger partial charge in [-0.05, 0) is 17.7 Å². The number of rotatable bonds is 5. The summed E-state index contributed by atoms with van der Waals surface area (Å²) in [4.78, 5) is 0. The number of benzene rings is 1. The Kier molecular flexibility index (Phi) is 4.41. The van der Waals surface area contributed by atoms with Crippen molar-refractivity contribution in [1.29, 1.82) is 0 Å². The maximum absolute atomic E-state index is 9.68. The van der Waals surface area contributed by atoms with Gasteiger partial charge >= 0.3 is 0 Å². The summed E-state index contributed by atoms with van der Waals surface area (Å²) in [5.41, 5.74) is 6.15. The van der Waals surface area contributed by atoms with Gasteiger partial charge in [0.1, 0.15) is 6.10 Å². The first-order valence-electron chi connectivity index (χ1n) is 6.05. The molecule has 18 heavy (non-hydrogen) atoms. The Labute approximate surface area is 106 Å². The molecule has 1 aromatic carbocycles. The molecule has 2 unspecified atom stereocenters. The Morgan fingerprint density at radius 1 is 1.50 bits per heavy atom. The molecule has 1 aliphatic rings. The average Bonchev–Trinajstić information content (AvgIpc) is 2.91. The van der Waals surface area contributed by atoms with E-state index in [-0.39, 0.29) is 12.6 Å². The molecular formula is C13H19NO4. The monoisotopic (exact) mass is 253 g/mol. The number of hydrogen-bond acceptors (Lipinski definition) is 5. The first-order chi connectivity index (χ1) is 8.74. The lowest BCUT2D eigenvalue weighted by Crippen LogP contribution is -2.16. The summed E-state index contributed by atoms with van der Waals surface area (Å²) in [6.07, 6.45) is 0.281. The minimum Gasteiger partial charge on any atom is -0.493 e. The van der Waals surface area contributed by atoms with E-state index in [0.717, 1.165) is 18.6 Å². The molecule has 0 radical (unpaired) electrons. The van der Waals surface area contributed by atoms with Crippen LogP contribution in [0, 0.1) is 0 Å². The predicted octanol–water partition coefficient (Wildman–Crippen LogP) is 0.855. The number of hydrogen-bond donors (Lipinski definition) is 2. The fourth-order valence-corrected chi connectivity index (χ4v) is 1.91. The van der Waals surface area contributed by atoms with Crippen LogP contribution in [-0.4, -0.2) is 38.1 Å². The largest absolute Gasteiger partial charge is 0.493 e. The summed E-state index contributed by atoms with van der Waals surface area (Å²) < 4.78 is 16.3. The lowest BCUT2D eigenvalue weighted by Gasteiger charge is -2.17. The molecule has 0 amide bonds. The first-order valence-corrected chi connectivity index (χ1v) is 6.05. The standard InChI is InChI=1S/C13H19NO4/c1-16-13-6-9(11(15)7-14)2-3-12(13)18-10-4-5-17-8-10/h2-3,6,10-11,15H,4-5,7-8,14H2,1H3. The van der Waals surface area contributed by atoms with E-state index in [0.29, 0.717) is 18.1 Å². The van der Waals surface area contributed by atoms with Crippen LogP contribution in [0.15, 0.2) is 18.2 Å². The molecule has 0 bridgehead atoms. The van der Waals surface area contributed by atoms with Gasteiger partial charge in [0.2, 0.25) is 0 Å². The zero-order valence-corrected chi connectivity index (χ0v) is 10.5. The molecule has 0 spiro atoms. The van der Waals surface area contributed by atoms with Crippen LogP contribution in [0.3, 0.4) is 0 Å². The predicted molar refractivity (Wildman–Crippen MR) is 66.9 cm³/mol. The summed E-state index contributed by atoms with van der Waals surface area (Å²) >= 11 is 0. The van der Waals surface area contributed by atoms with Crippen LogP contribution in [0.4, 0.5) is 0 Å². The number of nitrogens with two attached hydrogens (primary N) is 1. The van der Waals surface area contributed by atoms with Crippen LogP contribution in [0.25, 0.3) is 0 Å². The quantitative estimate of drug-likeness (QED) is 0.814. The Morgan fingerprint density at radius 2 is 2.33 bits per heavy atom. The fraction of sp³-hybridized carbons (Fsp3) is 0.538. The van der Waals surface area contributed by atoms with E-state index in [1.165, 1.54) is 0 Å². The summed E-state index contributed by atoms with van der Waals surface area (Å²) in [7, 11) is 1.58. The molecule has 3 N–H and O–H groups in total. The van der Waals surface area contributed by atoms with Gasteiger partial charge in [0.15, 0.2) is 11.5 Å². The van der Waals surface area contributed by atoms with Crippen molar-refractivity contribution in [2.75, 3.05) is 26.9 Å². The van der Waals surface area contributed by atoms with Gasteiger partial charge in [-0.2, -0.15) is 0 Å². The zero-order valence-electron chi connectivity index (χ0n) is 10.5. The molecule has 1 heterocycles. The van der Waals surface area contributed by atoms with Gasteiger partial charge in [-0.15, -0.1) is 0 Å². The Hall–Kier alpha value is -1.30. The van der Waals surface area contributed by atoms with Crippen molar-refractivity contribution in [3.8, 4) is 11.5 Å².